The van der Waals surface area contributed by atoms with Crippen LogP contribution in [0.3, 0.4) is 0 Å². The van der Waals surface area contributed by atoms with Crippen molar-refractivity contribution in [2.45, 2.75) is 31.6 Å². The first kappa shape index (κ1) is 18.8. The van der Waals surface area contributed by atoms with Crippen LogP contribution in [0.25, 0.3) is 0 Å². The van der Waals surface area contributed by atoms with Crippen LogP contribution in [0.4, 0.5) is 19.1 Å². The number of rotatable bonds is 4. The van der Waals surface area contributed by atoms with Gasteiger partial charge in [-0.2, -0.15) is 13.2 Å². The van der Waals surface area contributed by atoms with Crippen molar-refractivity contribution in [1.82, 2.24) is 19.9 Å². The summed E-state index contributed by atoms with van der Waals surface area (Å²) in [6.45, 7) is 2.25. The fourth-order valence-corrected chi connectivity index (χ4v) is 3.29. The summed E-state index contributed by atoms with van der Waals surface area (Å²) in [7, 11) is 1.74. The van der Waals surface area contributed by atoms with E-state index in [9.17, 15) is 13.2 Å². The molecule has 1 unspecified atom stereocenters. The van der Waals surface area contributed by atoms with Crippen LogP contribution in [0, 0.1) is 0 Å². The number of likely N-dealkylation sites (tertiary alicyclic amines) is 1. The highest BCUT2D eigenvalue weighted by Gasteiger charge is 2.34. The molecule has 0 spiro atoms. The van der Waals surface area contributed by atoms with Gasteiger partial charge in [0, 0.05) is 44.1 Å². The molecule has 0 N–H and O–H groups in total. The Bertz CT molecular complexity index is 755. The van der Waals surface area contributed by atoms with Gasteiger partial charge in [-0.05, 0) is 31.5 Å². The van der Waals surface area contributed by atoms with Gasteiger partial charge in [0.15, 0.2) is 0 Å². The number of aromatic nitrogens is 3. The van der Waals surface area contributed by atoms with E-state index in [1.807, 2.05) is 12.1 Å². The molecule has 1 saturated heterocycles. The Labute approximate surface area is 154 Å². The van der Waals surface area contributed by atoms with Gasteiger partial charge in [-0.3, -0.25) is 4.90 Å². The van der Waals surface area contributed by atoms with Crippen molar-refractivity contribution < 1.29 is 13.2 Å². The van der Waals surface area contributed by atoms with Gasteiger partial charge in [0.05, 0.1) is 0 Å². The molecule has 0 aliphatic carbocycles. The number of hydrogen-bond donors (Lipinski definition) is 0. The second kappa shape index (κ2) is 7.75. The minimum Gasteiger partial charge on any atom is -0.340 e. The van der Waals surface area contributed by atoms with Gasteiger partial charge in [-0.15, -0.1) is 0 Å². The SMILES string of the molecule is CN(c1nccc(C(F)(F)F)n1)C1CCCN(Cc2cccnc2Cl)C1. The molecule has 2 aromatic heterocycles. The van der Waals surface area contributed by atoms with Crippen LogP contribution in [-0.4, -0.2) is 46.0 Å². The number of piperidine rings is 1. The number of hydrogen-bond acceptors (Lipinski definition) is 5. The minimum atomic E-state index is -4.48. The van der Waals surface area contributed by atoms with Crippen LogP contribution in [0.1, 0.15) is 24.1 Å². The van der Waals surface area contributed by atoms with Gasteiger partial charge in [-0.25, -0.2) is 15.0 Å². The molecule has 1 atom stereocenters. The third-order valence-corrected chi connectivity index (χ3v) is 4.85. The molecule has 1 aliphatic rings. The molecule has 1 fully saturated rings. The Balaban J connectivity index is 1.70. The smallest absolute Gasteiger partial charge is 0.340 e. The molecule has 2 aromatic rings. The zero-order valence-corrected chi connectivity index (χ0v) is 15.0. The summed E-state index contributed by atoms with van der Waals surface area (Å²) in [6, 6.07) is 4.68. The molecule has 3 heterocycles. The predicted octanol–water partition coefficient (Wildman–Crippen LogP) is 3.64. The van der Waals surface area contributed by atoms with E-state index in [1.165, 1.54) is 0 Å². The number of pyridine rings is 1. The Kier molecular flexibility index (Phi) is 5.62. The largest absolute Gasteiger partial charge is 0.433 e. The van der Waals surface area contributed by atoms with Crippen molar-refractivity contribution >= 4 is 17.5 Å². The lowest BCUT2D eigenvalue weighted by molar-refractivity contribution is -0.141. The van der Waals surface area contributed by atoms with E-state index < -0.39 is 11.9 Å². The standard InChI is InChI=1S/C17H19ClF3N5/c1-25(16-23-8-6-14(24-16)17(19,20)21)13-5-3-9-26(11-13)10-12-4-2-7-22-15(12)18/h2,4,6-8,13H,3,5,9-11H2,1H3. The number of nitrogens with zero attached hydrogens (tertiary/aromatic N) is 5. The van der Waals surface area contributed by atoms with Crippen LogP contribution in [-0.2, 0) is 12.7 Å². The summed E-state index contributed by atoms with van der Waals surface area (Å²) in [6.07, 6.45) is 0.120. The highest BCUT2D eigenvalue weighted by molar-refractivity contribution is 6.30. The maximum absolute atomic E-state index is 12.9. The molecule has 0 bridgehead atoms. The molecular formula is C17H19ClF3N5. The summed E-state index contributed by atoms with van der Waals surface area (Å²) in [5.41, 5.74) is 0.0111. The molecule has 3 rings (SSSR count). The van der Waals surface area contributed by atoms with Crippen LogP contribution in [0.2, 0.25) is 5.15 Å². The summed E-state index contributed by atoms with van der Waals surface area (Å²) in [5, 5.41) is 0.476. The summed E-state index contributed by atoms with van der Waals surface area (Å²) < 4.78 is 38.6. The topological polar surface area (TPSA) is 45.2 Å². The van der Waals surface area contributed by atoms with Crippen molar-refractivity contribution in [1.29, 1.82) is 0 Å². The summed E-state index contributed by atoms with van der Waals surface area (Å²) in [4.78, 5) is 15.7. The van der Waals surface area contributed by atoms with E-state index in [2.05, 4.69) is 19.9 Å². The quantitative estimate of drug-likeness (QED) is 0.752. The van der Waals surface area contributed by atoms with Crippen LogP contribution >= 0.6 is 11.6 Å². The Morgan fingerprint density at radius 2 is 2.08 bits per heavy atom. The highest BCUT2D eigenvalue weighted by atomic mass is 35.5. The Morgan fingerprint density at radius 3 is 2.81 bits per heavy atom. The lowest BCUT2D eigenvalue weighted by Gasteiger charge is -2.37. The lowest BCUT2D eigenvalue weighted by Crippen LogP contribution is -2.46. The molecule has 0 aromatic carbocycles. The number of anilines is 1. The first-order valence-electron chi connectivity index (χ1n) is 8.29. The Morgan fingerprint density at radius 1 is 1.27 bits per heavy atom. The maximum atomic E-state index is 12.9. The number of likely N-dealkylation sites (N-methyl/N-ethyl adjacent to an activating group) is 1. The summed E-state index contributed by atoms with van der Waals surface area (Å²) >= 11 is 6.12. The fraction of sp³-hybridized carbons (Fsp3) is 0.471. The molecule has 0 saturated carbocycles. The number of halogens is 4. The molecule has 1 aliphatic heterocycles. The molecule has 26 heavy (non-hydrogen) atoms. The molecule has 0 radical (unpaired) electrons. The van der Waals surface area contributed by atoms with E-state index in [0.29, 0.717) is 18.2 Å². The highest BCUT2D eigenvalue weighted by Crippen LogP contribution is 2.29. The zero-order chi connectivity index (χ0) is 18.7. The monoisotopic (exact) mass is 385 g/mol. The van der Waals surface area contributed by atoms with Crippen molar-refractivity contribution in [2.75, 3.05) is 25.0 Å². The van der Waals surface area contributed by atoms with Crippen LogP contribution in [0.15, 0.2) is 30.6 Å². The van der Waals surface area contributed by atoms with E-state index in [1.54, 1.807) is 18.1 Å². The van der Waals surface area contributed by atoms with Gasteiger partial charge < -0.3 is 4.90 Å². The second-order valence-corrected chi connectivity index (χ2v) is 6.69. The van der Waals surface area contributed by atoms with Crippen LogP contribution in [0.5, 0.6) is 0 Å². The van der Waals surface area contributed by atoms with Gasteiger partial charge in [0.25, 0.3) is 0 Å². The van der Waals surface area contributed by atoms with Gasteiger partial charge in [0.2, 0.25) is 5.95 Å². The van der Waals surface area contributed by atoms with E-state index >= 15 is 0 Å². The van der Waals surface area contributed by atoms with Gasteiger partial charge in [0.1, 0.15) is 10.8 Å². The molecule has 140 valence electrons. The molecular weight excluding hydrogens is 367 g/mol. The average Bonchev–Trinajstić information content (AvgIpc) is 2.63. The Hall–Kier alpha value is -1.93. The second-order valence-electron chi connectivity index (χ2n) is 6.34. The molecule has 5 nitrogen and oxygen atoms in total. The van der Waals surface area contributed by atoms with Crippen molar-refractivity contribution in [3.05, 3.63) is 47.0 Å². The first-order valence-corrected chi connectivity index (χ1v) is 8.67. The molecule has 9 heteroatoms. The van der Waals surface area contributed by atoms with E-state index in [4.69, 9.17) is 11.6 Å². The average molecular weight is 386 g/mol. The van der Waals surface area contributed by atoms with Crippen molar-refractivity contribution in [3.8, 4) is 0 Å². The minimum absolute atomic E-state index is 0.0303. The third-order valence-electron chi connectivity index (χ3n) is 4.51. The zero-order valence-electron chi connectivity index (χ0n) is 14.2. The third kappa shape index (κ3) is 4.42. The van der Waals surface area contributed by atoms with Crippen molar-refractivity contribution in [3.63, 3.8) is 0 Å². The van der Waals surface area contributed by atoms with Gasteiger partial charge in [-0.1, -0.05) is 17.7 Å². The molecule has 0 amide bonds. The lowest BCUT2D eigenvalue weighted by atomic mass is 10.0. The fourth-order valence-electron chi connectivity index (χ4n) is 3.11. The predicted molar refractivity (Wildman–Crippen MR) is 93.0 cm³/mol. The van der Waals surface area contributed by atoms with Crippen LogP contribution < -0.4 is 4.90 Å². The van der Waals surface area contributed by atoms with E-state index in [-0.39, 0.29) is 12.0 Å². The maximum Gasteiger partial charge on any atom is 0.433 e. The first-order chi connectivity index (χ1) is 12.3. The van der Waals surface area contributed by atoms with E-state index in [0.717, 1.165) is 37.2 Å². The van der Waals surface area contributed by atoms with Crippen molar-refractivity contribution in [2.24, 2.45) is 0 Å². The van der Waals surface area contributed by atoms with Gasteiger partial charge >= 0.3 is 6.18 Å². The normalized spacial score (nSPS) is 18.7. The number of alkyl halides is 3. The summed E-state index contributed by atoms with van der Waals surface area (Å²) in [5.74, 6) is 0.0890.